The summed E-state index contributed by atoms with van der Waals surface area (Å²) in [6, 6.07) is 8.85. The zero-order chi connectivity index (χ0) is 29.9. The first-order chi connectivity index (χ1) is 18.7. The maximum Gasteiger partial charge on any atom is 0.265 e. The van der Waals surface area contributed by atoms with E-state index in [1.807, 2.05) is 0 Å². The van der Waals surface area contributed by atoms with Crippen LogP contribution >= 0.6 is 10.7 Å². The molecule has 0 heterocycles. The van der Waals surface area contributed by atoms with E-state index >= 15 is 0 Å². The first-order valence-electron chi connectivity index (χ1n) is 11.8. The van der Waals surface area contributed by atoms with E-state index in [0.717, 1.165) is 22.7 Å². The number of halogens is 1. The summed E-state index contributed by atoms with van der Waals surface area (Å²) in [6.07, 6.45) is 0.959. The largest absolute Gasteiger partial charge is 0.506 e. The summed E-state index contributed by atoms with van der Waals surface area (Å²) >= 11 is 0. The topological polar surface area (TPSA) is 169 Å². The molecule has 0 radical (unpaired) electrons. The molecule has 0 saturated heterocycles. The summed E-state index contributed by atoms with van der Waals surface area (Å²) in [5.41, 5.74) is -0.195. The quantitative estimate of drug-likeness (QED) is 0.173. The van der Waals surface area contributed by atoms with Gasteiger partial charge in [0.1, 0.15) is 27.9 Å². The lowest BCUT2D eigenvalue weighted by molar-refractivity contribution is 0.144. The van der Waals surface area contributed by atoms with Crippen molar-refractivity contribution < 1.29 is 39.8 Å². The van der Waals surface area contributed by atoms with E-state index in [4.69, 9.17) is 20.2 Å². The highest BCUT2D eigenvalue weighted by Crippen LogP contribution is 2.43. The standard InChI is InChI=1S/C24H28ClN3O9S3/c1-5-28(6-2)40(34,35)22-15-18(23-17(24(22)29)8-7-9-20(23)38(4,30)31)27-26-16-10-11-19(37-13-12-36-3)21(14-16)39(25,32)33/h7-11,14-15,29H,5-6,12-13H2,1-4H3. The van der Waals surface area contributed by atoms with Crippen molar-refractivity contribution in [2.45, 2.75) is 28.5 Å². The number of sulfonamides is 1. The van der Waals surface area contributed by atoms with Gasteiger partial charge in [-0.05, 0) is 30.3 Å². The van der Waals surface area contributed by atoms with Crippen molar-refractivity contribution in [2.24, 2.45) is 10.2 Å². The average Bonchev–Trinajstić information content (AvgIpc) is 2.88. The molecule has 0 amide bonds. The molecule has 3 rings (SSSR count). The van der Waals surface area contributed by atoms with Crippen molar-refractivity contribution in [1.82, 2.24) is 4.31 Å². The van der Waals surface area contributed by atoms with Gasteiger partial charge in [-0.25, -0.2) is 25.3 Å². The molecule has 1 N–H and O–H groups in total. The number of azo groups is 1. The van der Waals surface area contributed by atoms with Gasteiger partial charge < -0.3 is 14.6 Å². The number of benzene rings is 3. The van der Waals surface area contributed by atoms with Crippen molar-refractivity contribution in [3.05, 3.63) is 42.5 Å². The molecule has 0 aliphatic rings. The van der Waals surface area contributed by atoms with Gasteiger partial charge in [0.15, 0.2) is 9.84 Å². The average molecular weight is 634 g/mol. The van der Waals surface area contributed by atoms with Gasteiger partial charge in [-0.1, -0.05) is 26.0 Å². The number of phenols is 1. The van der Waals surface area contributed by atoms with Crippen LogP contribution in [0.2, 0.25) is 0 Å². The summed E-state index contributed by atoms with van der Waals surface area (Å²) in [4.78, 5) is -1.10. The summed E-state index contributed by atoms with van der Waals surface area (Å²) < 4.78 is 87.6. The summed E-state index contributed by atoms with van der Waals surface area (Å²) in [5, 5.41) is 19.0. The molecule has 0 fully saturated rings. The number of hydrogen-bond donors (Lipinski definition) is 1. The van der Waals surface area contributed by atoms with Crippen molar-refractivity contribution in [2.75, 3.05) is 39.7 Å². The number of rotatable bonds is 12. The third-order valence-corrected chi connectivity index (χ3v) is 10.3. The van der Waals surface area contributed by atoms with Crippen molar-refractivity contribution in [3.63, 3.8) is 0 Å². The molecule has 0 unspecified atom stereocenters. The molecule has 0 saturated carbocycles. The molecule has 0 aliphatic heterocycles. The summed E-state index contributed by atoms with van der Waals surface area (Å²) in [5.74, 6) is -0.688. The van der Waals surface area contributed by atoms with Crippen LogP contribution in [0.1, 0.15) is 13.8 Å². The molecular formula is C24H28ClN3O9S3. The molecule has 12 nitrogen and oxygen atoms in total. The Labute approximate surface area is 237 Å². The minimum absolute atomic E-state index is 0.00970. The number of fused-ring (bicyclic) bond motifs is 1. The molecule has 16 heteroatoms. The molecule has 0 atom stereocenters. The lowest BCUT2D eigenvalue weighted by Gasteiger charge is -2.20. The van der Waals surface area contributed by atoms with Crippen LogP contribution in [0.25, 0.3) is 10.8 Å². The molecular weight excluding hydrogens is 606 g/mol. The van der Waals surface area contributed by atoms with Crippen LogP contribution in [-0.4, -0.2) is 74.3 Å². The Morgan fingerprint density at radius 1 is 0.900 bits per heavy atom. The van der Waals surface area contributed by atoms with Crippen molar-refractivity contribution >= 4 is 61.7 Å². The predicted molar refractivity (Wildman–Crippen MR) is 150 cm³/mol. The second-order valence-corrected chi connectivity index (χ2v) is 14.8. The highest BCUT2D eigenvalue weighted by Gasteiger charge is 2.29. The highest BCUT2D eigenvalue weighted by molar-refractivity contribution is 8.13. The van der Waals surface area contributed by atoms with E-state index in [9.17, 15) is 30.4 Å². The van der Waals surface area contributed by atoms with Crippen LogP contribution in [-0.2, 0) is 33.6 Å². The fourth-order valence-electron chi connectivity index (χ4n) is 3.89. The smallest absolute Gasteiger partial charge is 0.265 e. The molecule has 0 aliphatic carbocycles. The third kappa shape index (κ3) is 6.72. The minimum Gasteiger partial charge on any atom is -0.506 e. The van der Waals surface area contributed by atoms with Gasteiger partial charge in [-0.3, -0.25) is 0 Å². The second-order valence-electron chi connectivity index (χ2n) is 8.39. The van der Waals surface area contributed by atoms with E-state index in [-0.39, 0.29) is 64.0 Å². The SMILES string of the molecule is CCN(CC)S(=O)(=O)c1cc(N=Nc2ccc(OCCOC)c(S(=O)(=O)Cl)c2)c2c(S(C)(=O)=O)cccc2c1O. The van der Waals surface area contributed by atoms with Gasteiger partial charge in [0.2, 0.25) is 10.0 Å². The fourth-order valence-corrected chi connectivity index (χ4v) is 7.37. The Balaban J connectivity index is 2.30. The summed E-state index contributed by atoms with van der Waals surface area (Å²) in [6.45, 7) is 3.74. The summed E-state index contributed by atoms with van der Waals surface area (Å²) in [7, 11) is -5.32. The van der Waals surface area contributed by atoms with Crippen LogP contribution < -0.4 is 4.74 Å². The number of methoxy groups -OCH3 is 1. The lowest BCUT2D eigenvalue weighted by atomic mass is 10.1. The molecule has 3 aromatic carbocycles. The number of hydrogen-bond acceptors (Lipinski definition) is 11. The number of aromatic hydroxyl groups is 1. The predicted octanol–water partition coefficient (Wildman–Crippen LogP) is 4.35. The van der Waals surface area contributed by atoms with E-state index in [1.165, 1.54) is 37.4 Å². The van der Waals surface area contributed by atoms with Gasteiger partial charge in [0.25, 0.3) is 9.05 Å². The molecule has 0 spiro atoms. The van der Waals surface area contributed by atoms with Crippen molar-refractivity contribution in [1.29, 1.82) is 0 Å². The Bertz CT molecular complexity index is 1770. The number of nitrogens with zero attached hydrogens (tertiary/aromatic N) is 3. The zero-order valence-corrected chi connectivity index (χ0v) is 25.2. The first kappa shape index (κ1) is 31.7. The molecule has 0 bridgehead atoms. The Kier molecular flexibility index (Phi) is 9.80. The second kappa shape index (κ2) is 12.4. The van der Waals surface area contributed by atoms with Gasteiger partial charge in [0.05, 0.1) is 22.9 Å². The van der Waals surface area contributed by atoms with Gasteiger partial charge >= 0.3 is 0 Å². The van der Waals surface area contributed by atoms with Crippen LogP contribution in [0.4, 0.5) is 11.4 Å². The van der Waals surface area contributed by atoms with E-state index in [0.29, 0.717) is 0 Å². The molecule has 0 aromatic heterocycles. The number of phenolic OH excluding ortho intramolecular Hbond substituents is 1. The fraction of sp³-hybridized carbons (Fsp3) is 0.333. The van der Waals surface area contributed by atoms with Crippen LogP contribution in [0, 0.1) is 0 Å². The van der Waals surface area contributed by atoms with Crippen LogP contribution in [0.3, 0.4) is 0 Å². The number of ether oxygens (including phenoxy) is 2. The monoisotopic (exact) mass is 633 g/mol. The highest BCUT2D eigenvalue weighted by atomic mass is 35.7. The maximum atomic E-state index is 13.3. The van der Waals surface area contributed by atoms with E-state index in [2.05, 4.69) is 10.2 Å². The van der Waals surface area contributed by atoms with Gasteiger partial charge in [-0.2, -0.15) is 9.42 Å². The van der Waals surface area contributed by atoms with E-state index < -0.39 is 39.6 Å². The van der Waals surface area contributed by atoms with Gasteiger partial charge in [0, 0.05) is 47.9 Å². The zero-order valence-electron chi connectivity index (χ0n) is 22.0. The van der Waals surface area contributed by atoms with Crippen LogP contribution in [0.5, 0.6) is 11.5 Å². The normalized spacial score (nSPS) is 12.9. The Morgan fingerprint density at radius 2 is 1.57 bits per heavy atom. The Morgan fingerprint density at radius 3 is 2.15 bits per heavy atom. The van der Waals surface area contributed by atoms with Crippen molar-refractivity contribution in [3.8, 4) is 11.5 Å². The third-order valence-electron chi connectivity index (χ3n) is 5.77. The molecule has 3 aromatic rings. The molecule has 218 valence electrons. The maximum absolute atomic E-state index is 13.3. The lowest BCUT2D eigenvalue weighted by Crippen LogP contribution is -2.30. The Hall–Kier alpha value is -2.82. The molecule has 40 heavy (non-hydrogen) atoms. The minimum atomic E-state index is -4.28. The van der Waals surface area contributed by atoms with E-state index in [1.54, 1.807) is 13.8 Å². The number of sulfone groups is 1. The van der Waals surface area contributed by atoms with Crippen LogP contribution in [0.15, 0.2) is 67.4 Å². The first-order valence-corrected chi connectivity index (χ1v) is 17.4. The van der Waals surface area contributed by atoms with Gasteiger partial charge in [-0.15, -0.1) is 5.11 Å².